The number of nitrogens with zero attached hydrogens (tertiary/aromatic N) is 1. The second-order valence-electron chi connectivity index (χ2n) is 6.69. The van der Waals surface area contributed by atoms with Crippen molar-refractivity contribution < 1.29 is 23.6 Å². The van der Waals surface area contributed by atoms with Crippen molar-refractivity contribution in [1.82, 2.24) is 10.2 Å². The maximum atomic E-state index is 12.7. The van der Waals surface area contributed by atoms with E-state index in [1.165, 1.54) is 31.5 Å². The lowest BCUT2D eigenvalue weighted by Crippen LogP contribution is -2.24. The first kappa shape index (κ1) is 19.1. The minimum Gasteiger partial charge on any atom is -0.467 e. The lowest BCUT2D eigenvalue weighted by Gasteiger charge is -2.11. The number of hydrogen-bond donors (Lipinski definition) is 2. The maximum Gasteiger partial charge on any atom is 0.261 e. The highest BCUT2D eigenvalue weighted by Gasteiger charge is 2.33. The topological polar surface area (TPSA) is 109 Å². The largest absolute Gasteiger partial charge is 0.467 e. The molecule has 2 aromatic carbocycles. The minimum atomic E-state index is -0.501. The number of rotatable bonds is 5. The smallest absolute Gasteiger partial charge is 0.261 e. The van der Waals surface area contributed by atoms with Gasteiger partial charge >= 0.3 is 0 Å². The summed E-state index contributed by atoms with van der Waals surface area (Å²) in [6, 6.07) is 14.4. The number of carbonyl (C=O) groups is 4. The Morgan fingerprint density at radius 2 is 1.70 bits per heavy atom. The molecule has 1 aromatic heterocycles. The van der Waals surface area contributed by atoms with E-state index in [9.17, 15) is 19.2 Å². The number of benzene rings is 2. The first-order valence-electron chi connectivity index (χ1n) is 9.13. The van der Waals surface area contributed by atoms with Crippen LogP contribution in [0.1, 0.15) is 47.2 Å². The van der Waals surface area contributed by atoms with Crippen molar-refractivity contribution in [2.75, 3.05) is 12.4 Å². The maximum absolute atomic E-state index is 12.7. The number of para-hydroxylation sites is 1. The number of carbonyl (C=O) groups excluding carboxylic acids is 4. The van der Waals surface area contributed by atoms with Gasteiger partial charge in [-0.15, -0.1) is 0 Å². The zero-order valence-corrected chi connectivity index (χ0v) is 16.0. The zero-order chi connectivity index (χ0) is 21.3. The van der Waals surface area contributed by atoms with Gasteiger partial charge in [-0.2, -0.15) is 0 Å². The van der Waals surface area contributed by atoms with Crippen LogP contribution in [0.15, 0.2) is 65.3 Å². The molecule has 0 saturated carbocycles. The van der Waals surface area contributed by atoms with Crippen LogP contribution >= 0.6 is 0 Å². The van der Waals surface area contributed by atoms with E-state index in [4.69, 9.17) is 4.42 Å². The van der Waals surface area contributed by atoms with Gasteiger partial charge in [-0.05, 0) is 42.5 Å². The molecular formula is C22H17N3O5. The number of hydrogen-bond acceptors (Lipinski definition) is 5. The van der Waals surface area contributed by atoms with Crippen LogP contribution in [-0.4, -0.2) is 35.6 Å². The fraction of sp³-hybridized carbons (Fsp3) is 0.0909. The van der Waals surface area contributed by atoms with Crippen LogP contribution in [0.5, 0.6) is 0 Å². The van der Waals surface area contributed by atoms with E-state index in [-0.39, 0.29) is 34.7 Å². The molecule has 4 amide bonds. The molecule has 1 aliphatic rings. The van der Waals surface area contributed by atoms with Crippen molar-refractivity contribution in [2.24, 2.45) is 0 Å². The molecule has 3 aromatic rings. The zero-order valence-electron chi connectivity index (χ0n) is 16.0. The van der Waals surface area contributed by atoms with Gasteiger partial charge in [0.15, 0.2) is 0 Å². The summed E-state index contributed by atoms with van der Waals surface area (Å²) in [6.07, 6.45) is 1.52. The van der Waals surface area contributed by atoms with Crippen LogP contribution in [0.25, 0.3) is 0 Å². The van der Waals surface area contributed by atoms with Crippen LogP contribution in [0.4, 0.5) is 5.69 Å². The summed E-state index contributed by atoms with van der Waals surface area (Å²) in [5, 5.41) is 5.43. The summed E-state index contributed by atoms with van der Waals surface area (Å²) in [6.45, 7) is 0.211. The number of fused-ring (bicyclic) bond motifs is 1. The van der Waals surface area contributed by atoms with Crippen molar-refractivity contribution >= 4 is 29.3 Å². The van der Waals surface area contributed by atoms with Gasteiger partial charge < -0.3 is 15.1 Å². The van der Waals surface area contributed by atoms with Crippen LogP contribution in [-0.2, 0) is 6.54 Å². The van der Waals surface area contributed by atoms with E-state index < -0.39 is 17.7 Å². The molecule has 0 unspecified atom stereocenters. The van der Waals surface area contributed by atoms with Crippen molar-refractivity contribution in [3.05, 3.63) is 88.9 Å². The molecule has 2 heterocycles. The van der Waals surface area contributed by atoms with Crippen molar-refractivity contribution in [3.8, 4) is 0 Å². The van der Waals surface area contributed by atoms with Gasteiger partial charge in [0.25, 0.3) is 23.6 Å². The van der Waals surface area contributed by atoms with Crippen molar-refractivity contribution in [1.29, 1.82) is 0 Å². The summed E-state index contributed by atoms with van der Waals surface area (Å²) in [7, 11) is 1.39. The summed E-state index contributed by atoms with van der Waals surface area (Å²) in [4.78, 5) is 50.5. The van der Waals surface area contributed by atoms with Crippen LogP contribution < -0.4 is 10.6 Å². The summed E-state index contributed by atoms with van der Waals surface area (Å²) in [5.74, 6) is -1.13. The van der Waals surface area contributed by atoms with E-state index in [0.717, 1.165) is 4.90 Å². The molecule has 4 rings (SSSR count). The summed E-state index contributed by atoms with van der Waals surface area (Å²) >= 11 is 0. The van der Waals surface area contributed by atoms with Gasteiger partial charge in [0.1, 0.15) is 5.76 Å². The fourth-order valence-corrected chi connectivity index (χ4v) is 3.16. The normalized spacial score (nSPS) is 12.6. The van der Waals surface area contributed by atoms with Crippen molar-refractivity contribution in [2.45, 2.75) is 6.54 Å². The Labute approximate surface area is 171 Å². The third-order valence-corrected chi connectivity index (χ3v) is 4.78. The van der Waals surface area contributed by atoms with Gasteiger partial charge in [-0.1, -0.05) is 12.1 Å². The standard InChI is InChI=1S/C22H17N3O5/c1-25-21(28)15-9-8-13(11-17(15)22(25)29)19(26)24-18-7-3-2-6-16(18)20(27)23-12-14-5-4-10-30-14/h2-11H,12H2,1H3,(H,23,27)(H,24,26). The first-order valence-corrected chi connectivity index (χ1v) is 9.13. The van der Waals surface area contributed by atoms with Gasteiger partial charge in [0, 0.05) is 12.6 Å². The molecule has 0 fully saturated rings. The lowest BCUT2D eigenvalue weighted by atomic mass is 10.0. The van der Waals surface area contributed by atoms with E-state index in [1.807, 2.05) is 0 Å². The second-order valence-corrected chi connectivity index (χ2v) is 6.69. The van der Waals surface area contributed by atoms with E-state index >= 15 is 0 Å². The highest BCUT2D eigenvalue weighted by atomic mass is 16.3. The Morgan fingerprint density at radius 3 is 2.47 bits per heavy atom. The second kappa shape index (κ2) is 7.67. The summed E-state index contributed by atoms with van der Waals surface area (Å²) < 4.78 is 5.19. The minimum absolute atomic E-state index is 0.180. The molecule has 0 radical (unpaired) electrons. The molecule has 0 bridgehead atoms. The van der Waals surface area contributed by atoms with Gasteiger partial charge in [-0.25, -0.2) is 0 Å². The molecule has 8 heteroatoms. The Morgan fingerprint density at radius 1 is 0.933 bits per heavy atom. The molecular weight excluding hydrogens is 386 g/mol. The number of furan rings is 1. The molecule has 2 N–H and O–H groups in total. The number of nitrogens with one attached hydrogen (secondary N) is 2. The lowest BCUT2D eigenvalue weighted by molar-refractivity contribution is 0.0692. The Bertz CT molecular complexity index is 1170. The predicted molar refractivity (Wildman–Crippen MR) is 107 cm³/mol. The van der Waals surface area contributed by atoms with E-state index in [2.05, 4.69) is 10.6 Å². The molecule has 1 aliphatic heterocycles. The molecule has 0 spiro atoms. The Balaban J connectivity index is 1.53. The monoisotopic (exact) mass is 403 g/mol. The molecule has 0 saturated heterocycles. The number of amides is 4. The highest BCUT2D eigenvalue weighted by molar-refractivity contribution is 6.22. The van der Waals surface area contributed by atoms with Crippen LogP contribution in [0.2, 0.25) is 0 Å². The Kier molecular flexibility index (Phi) is 4.89. The van der Waals surface area contributed by atoms with E-state index in [1.54, 1.807) is 36.4 Å². The van der Waals surface area contributed by atoms with Gasteiger partial charge in [0.05, 0.1) is 35.2 Å². The molecule has 0 aliphatic carbocycles. The summed E-state index contributed by atoms with van der Waals surface area (Å²) in [5.41, 5.74) is 1.25. The van der Waals surface area contributed by atoms with Crippen LogP contribution in [0, 0.1) is 0 Å². The Hall–Kier alpha value is -4.20. The van der Waals surface area contributed by atoms with E-state index in [0.29, 0.717) is 11.4 Å². The van der Waals surface area contributed by atoms with Crippen molar-refractivity contribution in [3.63, 3.8) is 0 Å². The third-order valence-electron chi connectivity index (χ3n) is 4.78. The van der Waals surface area contributed by atoms with Gasteiger partial charge in [0.2, 0.25) is 0 Å². The number of imide groups is 1. The third kappa shape index (κ3) is 3.46. The van der Waals surface area contributed by atoms with Gasteiger partial charge in [-0.3, -0.25) is 24.1 Å². The number of anilines is 1. The first-order chi connectivity index (χ1) is 14.5. The molecule has 150 valence electrons. The van der Waals surface area contributed by atoms with Crippen LogP contribution in [0.3, 0.4) is 0 Å². The molecule has 30 heavy (non-hydrogen) atoms. The quantitative estimate of drug-likeness (QED) is 0.637. The fourth-order valence-electron chi connectivity index (χ4n) is 3.16. The molecule has 0 atom stereocenters. The predicted octanol–water partition coefficient (Wildman–Crippen LogP) is 2.69. The average Bonchev–Trinajstić information content (AvgIpc) is 3.36. The SMILES string of the molecule is CN1C(=O)c2ccc(C(=O)Nc3ccccc3C(=O)NCc3ccco3)cc2C1=O. The highest BCUT2D eigenvalue weighted by Crippen LogP contribution is 2.24. The average molecular weight is 403 g/mol. The molecule has 8 nitrogen and oxygen atoms in total.